The summed E-state index contributed by atoms with van der Waals surface area (Å²) in [7, 11) is -17.8. The average Bonchev–Trinajstić information content (AvgIpc) is 2.43. The fourth-order valence-corrected chi connectivity index (χ4v) is 17.6. The van der Waals surface area contributed by atoms with Gasteiger partial charge in [-0.05, 0) is 64.1 Å². The van der Waals surface area contributed by atoms with Gasteiger partial charge in [-0.2, -0.15) is 0 Å². The lowest BCUT2D eigenvalue weighted by Gasteiger charge is -2.21. The summed E-state index contributed by atoms with van der Waals surface area (Å²) in [6.45, 7) is 12.8. The minimum Gasteiger partial charge on any atom is -0.283 e. The zero-order chi connectivity index (χ0) is 61.8. The highest BCUT2D eigenvalue weighted by Crippen LogP contribution is 2.54. The summed E-state index contributed by atoms with van der Waals surface area (Å²) < 4.78 is 123. The number of anilines is 5. The average molecular weight is 1330 g/mol. The third-order valence-corrected chi connectivity index (χ3v) is 22.7. The number of nitrogens with zero attached hydrogens (tertiary/aromatic N) is 6. The highest BCUT2D eigenvalue weighted by molar-refractivity contribution is 7.94. The Balaban J connectivity index is 0.000000166. The number of hydrogen-bond donors (Lipinski definition) is 3. The largest absolute Gasteiger partial charge is 0.293 e. The molecule has 0 aliphatic carbocycles. The van der Waals surface area contributed by atoms with Gasteiger partial charge in [-0.15, -0.1) is 13.2 Å². The highest BCUT2D eigenvalue weighted by atomic mass is 35.5. The van der Waals surface area contributed by atoms with Crippen molar-refractivity contribution in [3.05, 3.63) is 185 Å². The predicted octanol–water partition coefficient (Wildman–Crippen LogP) is 10.2. The van der Waals surface area contributed by atoms with E-state index >= 15 is 0 Å². The number of fused-ring (bicyclic) bond motifs is 5. The van der Waals surface area contributed by atoms with Crippen LogP contribution in [0.3, 0.4) is 0 Å². The molecule has 5 heterocycles. The first-order valence-corrected chi connectivity index (χ1v) is 32.4. The normalized spacial score (nSPS) is 18.0. The second-order valence-electron chi connectivity index (χ2n) is 18.5. The summed E-state index contributed by atoms with van der Waals surface area (Å²) >= 11 is 29.5. The van der Waals surface area contributed by atoms with Crippen LogP contribution < -0.4 is 22.8 Å². The monoisotopic (exact) mass is 1330 g/mol. The van der Waals surface area contributed by atoms with Crippen LogP contribution in [0, 0.1) is 40.5 Å². The molecule has 5 aliphatic rings. The highest BCUT2D eigenvalue weighted by Gasteiger charge is 2.54. The minimum absolute atomic E-state index is 0.0119. The molecule has 5 aliphatic heterocycles. The van der Waals surface area contributed by atoms with Gasteiger partial charge >= 0.3 is 0 Å². The zero-order valence-electron chi connectivity index (χ0n) is 42.4. The van der Waals surface area contributed by atoms with Gasteiger partial charge in [0, 0.05) is 77.2 Å². The van der Waals surface area contributed by atoms with E-state index in [1.807, 2.05) is 0 Å². The number of hydrogen-bond acceptors (Lipinski definition) is 18. The standard InChI is InChI=1S/C12H13ClN2O4S.C10H9ClN2O4S.C9H9ClN2O4S.C7H5ClN2O4S.C7H6ClNO2S/c1-4-7-14-11-9(15(16)17)6-5-8(13)10(11)12(2,3)20(14,18)19;1-2-5-12-10-7(6-18(12,16)17)8(11)3-4-9(10)13(14)15;1-9(2)7-5(10)3-4-6(12(13)14)8(7)11-17(9,15)16;8-5-1-2-6(10(11)12)7-4(5)3-15(13,14)9-7;8-6-2-1-3-7-5(6)4-12(10,11)9-7/h4-6H,1,7H2,2-3H3;2-4H,1,5-6H2;3-4,11H,1-2H3;1-2,9H,3H2;1-3,9H,4H2. The van der Waals surface area contributed by atoms with Crippen LogP contribution in [-0.4, -0.2) is 74.9 Å². The van der Waals surface area contributed by atoms with Crippen molar-refractivity contribution >= 4 is 159 Å². The quantitative estimate of drug-likeness (QED) is 0.0738. The fraction of sp³-hybridized carbons (Fsp3) is 0.244. The van der Waals surface area contributed by atoms with Crippen LogP contribution in [0.2, 0.25) is 25.1 Å². The van der Waals surface area contributed by atoms with Crippen molar-refractivity contribution in [3.8, 4) is 0 Å². The van der Waals surface area contributed by atoms with Gasteiger partial charge in [-0.3, -0.25) is 63.2 Å². The molecular formula is C45H42Cl5N9O18S5. The summed E-state index contributed by atoms with van der Waals surface area (Å²) in [5, 5.41) is 44.9. The maximum atomic E-state index is 12.6. The van der Waals surface area contributed by atoms with E-state index in [0.29, 0.717) is 16.3 Å². The summed E-state index contributed by atoms with van der Waals surface area (Å²) in [6.07, 6.45) is 2.75. The third kappa shape index (κ3) is 12.2. The lowest BCUT2D eigenvalue weighted by atomic mass is 9.99. The van der Waals surface area contributed by atoms with E-state index in [1.54, 1.807) is 18.2 Å². The van der Waals surface area contributed by atoms with Gasteiger partial charge in [0.05, 0.1) is 55.7 Å². The second-order valence-corrected chi connectivity index (χ2v) is 30.5. The number of sulfonamides is 5. The number of rotatable bonds is 8. The van der Waals surface area contributed by atoms with Crippen molar-refractivity contribution in [3.63, 3.8) is 0 Å². The fourth-order valence-electron chi connectivity index (χ4n) is 8.64. The Labute approximate surface area is 493 Å². The minimum atomic E-state index is -3.79. The lowest BCUT2D eigenvalue weighted by molar-refractivity contribution is -0.384. The number of nitrogens with one attached hydrogen (secondary N) is 3. The first-order chi connectivity index (χ1) is 37.7. The molecule has 37 heteroatoms. The molecule has 5 aromatic carbocycles. The topological polar surface area (TPSA) is 386 Å². The summed E-state index contributed by atoms with van der Waals surface area (Å²) in [5.74, 6) is -0.651. The molecular weight excluding hydrogens is 1290 g/mol. The van der Waals surface area contributed by atoms with Gasteiger partial charge in [0.15, 0.2) is 0 Å². The van der Waals surface area contributed by atoms with E-state index in [-0.39, 0.29) is 118 Å². The maximum absolute atomic E-state index is 12.6. The predicted molar refractivity (Wildman–Crippen MR) is 312 cm³/mol. The zero-order valence-corrected chi connectivity index (χ0v) is 50.3. The van der Waals surface area contributed by atoms with Crippen LogP contribution in [0.15, 0.2) is 92.0 Å². The second kappa shape index (κ2) is 23.2. The van der Waals surface area contributed by atoms with Crippen molar-refractivity contribution < 1.29 is 61.8 Å². The molecule has 10 rings (SSSR count). The molecule has 0 saturated carbocycles. The Kier molecular flexibility index (Phi) is 18.3. The summed E-state index contributed by atoms with van der Waals surface area (Å²) in [6, 6.07) is 15.2. The lowest BCUT2D eigenvalue weighted by Crippen LogP contribution is -2.36. The summed E-state index contributed by atoms with van der Waals surface area (Å²) in [5.41, 5.74) is 1.20. The molecule has 3 N–H and O–H groups in total. The van der Waals surface area contributed by atoms with E-state index < -0.39 is 79.3 Å². The number of nitro benzene ring substituents is 4. The molecule has 0 atom stereocenters. The first kappa shape index (κ1) is 64.5. The molecule has 0 saturated heterocycles. The Hall–Kier alpha value is -6.62. The molecule has 440 valence electrons. The molecule has 0 fully saturated rings. The van der Waals surface area contributed by atoms with Gasteiger partial charge < -0.3 is 0 Å². The summed E-state index contributed by atoms with van der Waals surface area (Å²) in [4.78, 5) is 41.0. The van der Waals surface area contributed by atoms with E-state index in [2.05, 4.69) is 27.3 Å². The SMILES string of the molecule is C=CCN1c2c([N+](=O)[O-])ccc(Cl)c2C(C)(C)S1(=O)=O.C=CCN1c2c([N+](=O)[O-])ccc(Cl)c2CS1(=O)=O.CC1(C)c2c(Cl)ccc([N+](=O)[O-])c2NS1(=O)=O.O=S1(=O)Cc2c(Cl)cccc2N1.O=[N+]([O-])c1ccc(Cl)c2c1NS(=O)(=O)C2. The molecule has 82 heavy (non-hydrogen) atoms. The molecule has 5 aromatic rings. The van der Waals surface area contributed by atoms with Crippen molar-refractivity contribution in [2.75, 3.05) is 35.9 Å². The number of benzene rings is 5. The molecule has 0 amide bonds. The van der Waals surface area contributed by atoms with Crippen LogP contribution in [0.5, 0.6) is 0 Å². The van der Waals surface area contributed by atoms with Crippen molar-refractivity contribution in [2.24, 2.45) is 0 Å². The van der Waals surface area contributed by atoms with E-state index in [9.17, 15) is 82.5 Å². The first-order valence-electron chi connectivity index (χ1n) is 22.6. The van der Waals surface area contributed by atoms with Gasteiger partial charge in [0.25, 0.3) is 22.7 Å². The molecule has 0 unspecified atom stereocenters. The molecule has 0 radical (unpaired) electrons. The van der Waals surface area contributed by atoms with Crippen molar-refractivity contribution in [1.82, 2.24) is 0 Å². The van der Waals surface area contributed by atoms with Crippen LogP contribution in [-0.2, 0) is 76.9 Å². The van der Waals surface area contributed by atoms with E-state index in [4.69, 9.17) is 58.0 Å². The van der Waals surface area contributed by atoms with Gasteiger partial charge in [-0.1, -0.05) is 76.2 Å². The van der Waals surface area contributed by atoms with Crippen LogP contribution in [0.1, 0.15) is 55.5 Å². The molecule has 27 nitrogen and oxygen atoms in total. The Morgan fingerprint density at radius 1 is 0.500 bits per heavy atom. The van der Waals surface area contributed by atoms with E-state index in [1.165, 1.54) is 88.4 Å². The number of nitro groups is 4. The third-order valence-electron chi connectivity index (χ3n) is 12.6. The Morgan fingerprint density at radius 3 is 1.44 bits per heavy atom. The molecule has 0 aromatic heterocycles. The van der Waals surface area contributed by atoms with Gasteiger partial charge in [0.1, 0.15) is 32.2 Å². The van der Waals surface area contributed by atoms with Gasteiger partial charge in [-0.25, -0.2) is 42.1 Å². The van der Waals surface area contributed by atoms with E-state index in [0.717, 1.165) is 8.61 Å². The molecule has 0 spiro atoms. The van der Waals surface area contributed by atoms with Crippen molar-refractivity contribution in [2.45, 2.75) is 54.4 Å². The van der Waals surface area contributed by atoms with Crippen LogP contribution in [0.25, 0.3) is 0 Å². The maximum Gasteiger partial charge on any atom is 0.293 e. The van der Waals surface area contributed by atoms with Crippen molar-refractivity contribution in [1.29, 1.82) is 0 Å². The smallest absolute Gasteiger partial charge is 0.283 e. The molecule has 0 bridgehead atoms. The van der Waals surface area contributed by atoms with Crippen LogP contribution in [0.4, 0.5) is 51.2 Å². The Bertz CT molecular complexity index is 4190. The van der Waals surface area contributed by atoms with Crippen LogP contribution >= 0.6 is 58.0 Å². The number of halogens is 5. The Morgan fingerprint density at radius 2 is 0.927 bits per heavy atom. The van der Waals surface area contributed by atoms with Gasteiger partial charge in [0.2, 0.25) is 50.1 Å².